The van der Waals surface area contributed by atoms with Gasteiger partial charge in [-0.15, -0.1) is 0 Å². The van der Waals surface area contributed by atoms with Crippen LogP contribution in [0.4, 0.5) is 0 Å². The lowest BCUT2D eigenvalue weighted by molar-refractivity contribution is 0.504. The van der Waals surface area contributed by atoms with Gasteiger partial charge in [-0.05, 0) is 19.4 Å². The van der Waals surface area contributed by atoms with Crippen LogP contribution in [0.2, 0.25) is 0 Å². The van der Waals surface area contributed by atoms with Crippen molar-refractivity contribution >= 4 is 0 Å². The van der Waals surface area contributed by atoms with E-state index in [1.807, 2.05) is 0 Å². The number of hydrogen-bond donors (Lipinski definition) is 2. The van der Waals surface area contributed by atoms with Crippen molar-refractivity contribution in [2.45, 2.75) is 141 Å². The molecule has 2 heteroatoms. The summed E-state index contributed by atoms with van der Waals surface area (Å²) in [6.07, 6.45) is 28.0. The molecule has 0 fully saturated rings. The second-order valence-corrected chi connectivity index (χ2v) is 8.14. The molecule has 2 nitrogen and oxygen atoms in total. The molecule has 0 radical (unpaired) electrons. The van der Waals surface area contributed by atoms with E-state index in [1.165, 1.54) is 116 Å². The Balaban J connectivity index is 3.00. The molecule has 0 aliphatic rings. The average Bonchev–Trinajstić information content (AvgIpc) is 2.61. The van der Waals surface area contributed by atoms with Crippen LogP contribution in [0.1, 0.15) is 135 Å². The van der Waals surface area contributed by atoms with Gasteiger partial charge in [-0.25, -0.2) is 0 Å². The summed E-state index contributed by atoms with van der Waals surface area (Å²) < 4.78 is 0. The Labute approximate surface area is 159 Å². The van der Waals surface area contributed by atoms with E-state index in [-0.39, 0.29) is 0 Å². The van der Waals surface area contributed by atoms with Crippen LogP contribution in [0.25, 0.3) is 0 Å². The lowest BCUT2D eigenvalue weighted by Gasteiger charge is -2.09. The van der Waals surface area contributed by atoms with Crippen LogP contribution in [0.5, 0.6) is 0 Å². The van der Waals surface area contributed by atoms with Crippen LogP contribution in [-0.4, -0.2) is 12.6 Å². The number of unbranched alkanes of at least 4 members (excludes halogenated alkanes) is 17. The van der Waals surface area contributed by atoms with Gasteiger partial charge in [0, 0.05) is 6.04 Å². The molecule has 0 aromatic carbocycles. The van der Waals surface area contributed by atoms with Gasteiger partial charge in [-0.3, -0.25) is 0 Å². The van der Waals surface area contributed by atoms with Crippen molar-refractivity contribution < 1.29 is 0 Å². The predicted octanol–water partition coefficient (Wildman–Crippen LogP) is 7.09. The first-order valence-electron chi connectivity index (χ1n) is 11.8. The van der Waals surface area contributed by atoms with Crippen LogP contribution < -0.4 is 11.5 Å². The molecule has 4 N–H and O–H groups in total. The standard InChI is InChI=1S/C23H50N2/c1-2-3-4-5-6-7-8-9-10-11-12-13-14-15-16-17-18-19-20-23(25)21-22-24/h23H,2-22,24-25H2,1H3. The molecule has 0 aromatic heterocycles. The average molecular weight is 355 g/mol. The second-order valence-electron chi connectivity index (χ2n) is 8.14. The Morgan fingerprint density at radius 3 is 1.12 bits per heavy atom. The number of rotatable bonds is 21. The lowest BCUT2D eigenvalue weighted by Crippen LogP contribution is -2.23. The molecule has 0 bridgehead atoms. The van der Waals surface area contributed by atoms with E-state index in [0.29, 0.717) is 6.04 Å². The summed E-state index contributed by atoms with van der Waals surface area (Å²) in [4.78, 5) is 0. The van der Waals surface area contributed by atoms with Crippen LogP contribution in [0.15, 0.2) is 0 Å². The van der Waals surface area contributed by atoms with Crippen molar-refractivity contribution in [3.05, 3.63) is 0 Å². The summed E-state index contributed by atoms with van der Waals surface area (Å²) in [5, 5.41) is 0. The Morgan fingerprint density at radius 1 is 0.480 bits per heavy atom. The maximum absolute atomic E-state index is 5.98. The van der Waals surface area contributed by atoms with Crippen molar-refractivity contribution in [1.82, 2.24) is 0 Å². The summed E-state index contributed by atoms with van der Waals surface area (Å²) >= 11 is 0. The first kappa shape index (κ1) is 24.9. The Morgan fingerprint density at radius 2 is 0.800 bits per heavy atom. The van der Waals surface area contributed by atoms with Gasteiger partial charge >= 0.3 is 0 Å². The molecule has 0 aromatic rings. The highest BCUT2D eigenvalue weighted by Gasteiger charge is 2.00. The quantitative estimate of drug-likeness (QED) is 0.216. The highest BCUT2D eigenvalue weighted by molar-refractivity contribution is 4.61. The summed E-state index contributed by atoms with van der Waals surface area (Å²) in [5.41, 5.74) is 11.5. The minimum atomic E-state index is 0.339. The van der Waals surface area contributed by atoms with Crippen LogP contribution in [-0.2, 0) is 0 Å². The minimum Gasteiger partial charge on any atom is -0.330 e. The largest absolute Gasteiger partial charge is 0.330 e. The minimum absolute atomic E-state index is 0.339. The SMILES string of the molecule is CCCCCCCCCCCCCCCCCCCCC(N)CCN. The fraction of sp³-hybridized carbons (Fsp3) is 1.00. The Kier molecular flexibility index (Phi) is 21.9. The molecular weight excluding hydrogens is 304 g/mol. The second kappa shape index (κ2) is 22.0. The maximum atomic E-state index is 5.98. The normalized spacial score (nSPS) is 12.6. The van der Waals surface area contributed by atoms with E-state index in [1.54, 1.807) is 0 Å². The molecular formula is C23H50N2. The van der Waals surface area contributed by atoms with Crippen molar-refractivity contribution in [3.8, 4) is 0 Å². The van der Waals surface area contributed by atoms with Crippen molar-refractivity contribution in [1.29, 1.82) is 0 Å². The van der Waals surface area contributed by atoms with E-state index in [0.717, 1.165) is 19.4 Å². The third kappa shape index (κ3) is 21.9. The van der Waals surface area contributed by atoms with Gasteiger partial charge in [0.15, 0.2) is 0 Å². The molecule has 0 spiro atoms. The monoisotopic (exact) mass is 354 g/mol. The van der Waals surface area contributed by atoms with E-state index < -0.39 is 0 Å². The van der Waals surface area contributed by atoms with Crippen LogP contribution in [0, 0.1) is 0 Å². The third-order valence-electron chi connectivity index (χ3n) is 5.47. The fourth-order valence-electron chi connectivity index (χ4n) is 3.67. The van der Waals surface area contributed by atoms with Gasteiger partial charge in [0.05, 0.1) is 0 Å². The smallest absolute Gasteiger partial charge is 0.00508 e. The molecule has 1 atom stereocenters. The number of hydrogen-bond acceptors (Lipinski definition) is 2. The predicted molar refractivity (Wildman–Crippen MR) is 115 cm³/mol. The summed E-state index contributed by atoms with van der Waals surface area (Å²) in [7, 11) is 0. The van der Waals surface area contributed by atoms with Gasteiger partial charge in [-0.2, -0.15) is 0 Å². The molecule has 152 valence electrons. The highest BCUT2D eigenvalue weighted by atomic mass is 14.6. The summed E-state index contributed by atoms with van der Waals surface area (Å²) in [5.74, 6) is 0. The Bertz CT molecular complexity index is 230. The zero-order chi connectivity index (χ0) is 18.4. The third-order valence-corrected chi connectivity index (χ3v) is 5.47. The van der Waals surface area contributed by atoms with Crippen molar-refractivity contribution in [2.24, 2.45) is 11.5 Å². The van der Waals surface area contributed by atoms with Crippen LogP contribution >= 0.6 is 0 Å². The first-order valence-corrected chi connectivity index (χ1v) is 11.8. The van der Waals surface area contributed by atoms with Gasteiger partial charge in [0.2, 0.25) is 0 Å². The first-order chi connectivity index (χ1) is 12.3. The topological polar surface area (TPSA) is 52.0 Å². The molecule has 0 aliphatic heterocycles. The maximum Gasteiger partial charge on any atom is 0.00508 e. The van der Waals surface area contributed by atoms with Gasteiger partial charge in [-0.1, -0.05) is 122 Å². The molecule has 0 rings (SSSR count). The van der Waals surface area contributed by atoms with Gasteiger partial charge in [0.25, 0.3) is 0 Å². The summed E-state index contributed by atoms with van der Waals surface area (Å²) in [6, 6.07) is 0.339. The Hall–Kier alpha value is -0.0800. The summed E-state index contributed by atoms with van der Waals surface area (Å²) in [6.45, 7) is 3.03. The molecule has 0 amide bonds. The van der Waals surface area contributed by atoms with E-state index >= 15 is 0 Å². The zero-order valence-corrected chi connectivity index (χ0v) is 17.6. The van der Waals surface area contributed by atoms with Gasteiger partial charge in [0.1, 0.15) is 0 Å². The van der Waals surface area contributed by atoms with E-state index in [4.69, 9.17) is 11.5 Å². The van der Waals surface area contributed by atoms with Crippen molar-refractivity contribution in [2.75, 3.05) is 6.54 Å². The molecule has 25 heavy (non-hydrogen) atoms. The van der Waals surface area contributed by atoms with E-state index in [9.17, 15) is 0 Å². The van der Waals surface area contributed by atoms with Crippen LogP contribution in [0.3, 0.4) is 0 Å². The van der Waals surface area contributed by atoms with Gasteiger partial charge < -0.3 is 11.5 Å². The molecule has 0 saturated heterocycles. The van der Waals surface area contributed by atoms with E-state index in [2.05, 4.69) is 6.92 Å². The highest BCUT2D eigenvalue weighted by Crippen LogP contribution is 2.14. The van der Waals surface area contributed by atoms with Crippen molar-refractivity contribution in [3.63, 3.8) is 0 Å². The lowest BCUT2D eigenvalue weighted by atomic mass is 10.0. The molecule has 0 saturated carbocycles. The molecule has 0 aliphatic carbocycles. The molecule has 1 unspecified atom stereocenters. The fourth-order valence-corrected chi connectivity index (χ4v) is 3.67. The molecule has 0 heterocycles. The number of nitrogens with two attached hydrogens (primary N) is 2. The zero-order valence-electron chi connectivity index (χ0n) is 17.6.